The number of nitrogens with zero attached hydrogens (tertiary/aromatic N) is 1. The number of hydrogen-bond acceptors (Lipinski definition) is 3. The highest BCUT2D eigenvalue weighted by Crippen LogP contribution is 2.06. The van der Waals surface area contributed by atoms with E-state index in [0.29, 0.717) is 11.4 Å². The van der Waals surface area contributed by atoms with Gasteiger partial charge >= 0.3 is 0 Å². The van der Waals surface area contributed by atoms with E-state index in [2.05, 4.69) is 4.98 Å². The molecule has 0 fully saturated rings. The number of carbonyl (C=O) groups is 1. The van der Waals surface area contributed by atoms with Crippen molar-refractivity contribution in [3.05, 3.63) is 18.0 Å². The molecular formula is C7H11N3O2. The third kappa shape index (κ3) is 1.57. The van der Waals surface area contributed by atoms with Gasteiger partial charge in [-0.15, -0.1) is 0 Å². The first-order valence-corrected chi connectivity index (χ1v) is 3.41. The smallest absolute Gasteiger partial charge is 0.293 e. The topological polar surface area (TPSA) is 71.3 Å². The summed E-state index contributed by atoms with van der Waals surface area (Å²) >= 11 is 0. The molecule has 3 N–H and O–H groups in total. The fraction of sp³-hybridized carbons (Fsp3) is 0.286. The lowest BCUT2D eigenvalue weighted by Crippen LogP contribution is -2.25. The van der Waals surface area contributed by atoms with E-state index in [9.17, 15) is 4.79 Å². The zero-order valence-corrected chi connectivity index (χ0v) is 7.00. The normalized spacial score (nSPS) is 9.83. The predicted molar refractivity (Wildman–Crippen MR) is 44.3 cm³/mol. The minimum absolute atomic E-state index is 0.255. The molecule has 12 heavy (non-hydrogen) atoms. The molecule has 0 saturated heterocycles. The van der Waals surface area contributed by atoms with Crippen molar-refractivity contribution in [2.24, 2.45) is 0 Å². The van der Waals surface area contributed by atoms with Gasteiger partial charge in [0, 0.05) is 18.9 Å². The van der Waals surface area contributed by atoms with Crippen molar-refractivity contribution in [3.8, 4) is 0 Å². The van der Waals surface area contributed by atoms with Crippen molar-refractivity contribution in [1.29, 1.82) is 0 Å². The first kappa shape index (κ1) is 8.61. The molecule has 1 rings (SSSR count). The first-order chi connectivity index (χ1) is 5.65. The Morgan fingerprint density at radius 2 is 2.42 bits per heavy atom. The van der Waals surface area contributed by atoms with Crippen molar-refractivity contribution in [1.82, 2.24) is 10.0 Å². The second-order valence-electron chi connectivity index (χ2n) is 2.33. The highest BCUT2D eigenvalue weighted by molar-refractivity contribution is 5.92. The van der Waals surface area contributed by atoms with Crippen LogP contribution in [-0.4, -0.2) is 30.1 Å². The molecule has 1 aromatic rings. The van der Waals surface area contributed by atoms with Crippen molar-refractivity contribution < 1.29 is 9.63 Å². The number of rotatable bonds is 2. The molecule has 0 aromatic carbocycles. The van der Waals surface area contributed by atoms with Gasteiger partial charge in [0.1, 0.15) is 5.69 Å². The van der Waals surface area contributed by atoms with Crippen LogP contribution in [0.1, 0.15) is 10.5 Å². The number of nitrogen functional groups attached to an aromatic ring is 1. The van der Waals surface area contributed by atoms with Gasteiger partial charge in [-0.3, -0.25) is 9.63 Å². The fourth-order valence-electron chi connectivity index (χ4n) is 0.787. The minimum atomic E-state index is -0.255. The zero-order valence-electron chi connectivity index (χ0n) is 7.00. The van der Waals surface area contributed by atoms with E-state index in [1.165, 1.54) is 14.2 Å². The van der Waals surface area contributed by atoms with Crippen molar-refractivity contribution in [2.45, 2.75) is 0 Å². The summed E-state index contributed by atoms with van der Waals surface area (Å²) in [4.78, 5) is 18.7. The lowest BCUT2D eigenvalue weighted by atomic mass is 10.4. The summed E-state index contributed by atoms with van der Waals surface area (Å²) in [5.41, 5.74) is 6.36. The molecule has 0 radical (unpaired) electrons. The zero-order chi connectivity index (χ0) is 9.14. The molecule has 1 amide bonds. The fourth-order valence-corrected chi connectivity index (χ4v) is 0.787. The van der Waals surface area contributed by atoms with Gasteiger partial charge in [0.05, 0.1) is 7.11 Å². The van der Waals surface area contributed by atoms with Gasteiger partial charge in [0.15, 0.2) is 0 Å². The van der Waals surface area contributed by atoms with Crippen LogP contribution in [0, 0.1) is 0 Å². The maximum atomic E-state index is 11.3. The van der Waals surface area contributed by atoms with E-state index in [1.54, 1.807) is 12.3 Å². The average Bonchev–Trinajstić information content (AvgIpc) is 2.49. The highest BCUT2D eigenvalue weighted by Gasteiger charge is 2.12. The van der Waals surface area contributed by atoms with E-state index < -0.39 is 0 Å². The second-order valence-corrected chi connectivity index (χ2v) is 2.33. The number of hydroxylamine groups is 2. The number of carbonyl (C=O) groups excluding carboxylic acids is 1. The number of hydrogen-bond donors (Lipinski definition) is 2. The molecule has 5 nitrogen and oxygen atoms in total. The summed E-state index contributed by atoms with van der Waals surface area (Å²) in [5, 5.41) is 1.12. The molecule has 5 heteroatoms. The number of anilines is 1. The maximum absolute atomic E-state index is 11.3. The van der Waals surface area contributed by atoms with E-state index in [-0.39, 0.29) is 5.91 Å². The highest BCUT2D eigenvalue weighted by atomic mass is 16.7. The molecule has 0 spiro atoms. The van der Waals surface area contributed by atoms with Crippen molar-refractivity contribution in [2.75, 3.05) is 19.9 Å². The molecule has 0 aliphatic rings. The van der Waals surface area contributed by atoms with Crippen LogP contribution in [0.3, 0.4) is 0 Å². The van der Waals surface area contributed by atoms with Crippen LogP contribution >= 0.6 is 0 Å². The lowest BCUT2D eigenvalue weighted by Gasteiger charge is -2.11. The summed E-state index contributed by atoms with van der Waals surface area (Å²) in [6.45, 7) is 0. The van der Waals surface area contributed by atoms with Crippen molar-refractivity contribution in [3.63, 3.8) is 0 Å². The Kier molecular flexibility index (Phi) is 2.35. The van der Waals surface area contributed by atoms with Crippen LogP contribution in [0.4, 0.5) is 5.69 Å². The molecule has 0 atom stereocenters. The number of nitrogens with one attached hydrogen (secondary N) is 1. The third-order valence-electron chi connectivity index (χ3n) is 1.50. The third-order valence-corrected chi connectivity index (χ3v) is 1.50. The summed E-state index contributed by atoms with van der Waals surface area (Å²) in [6, 6.07) is 1.55. The van der Waals surface area contributed by atoms with E-state index >= 15 is 0 Å². The monoisotopic (exact) mass is 169 g/mol. The van der Waals surface area contributed by atoms with Crippen LogP contribution in [0.25, 0.3) is 0 Å². The Labute approximate surface area is 70.1 Å². The Hall–Kier alpha value is -1.49. The first-order valence-electron chi connectivity index (χ1n) is 3.41. The molecule has 0 bridgehead atoms. The summed E-state index contributed by atoms with van der Waals surface area (Å²) in [7, 11) is 2.95. The summed E-state index contributed by atoms with van der Waals surface area (Å²) < 4.78 is 0. The van der Waals surface area contributed by atoms with Crippen LogP contribution in [0.2, 0.25) is 0 Å². The summed E-state index contributed by atoms with van der Waals surface area (Å²) in [5.74, 6) is -0.255. The van der Waals surface area contributed by atoms with Gasteiger partial charge < -0.3 is 10.7 Å². The van der Waals surface area contributed by atoms with Crippen LogP contribution in [0.15, 0.2) is 12.3 Å². The van der Waals surface area contributed by atoms with Gasteiger partial charge in [-0.25, -0.2) is 5.06 Å². The Morgan fingerprint density at radius 1 is 1.75 bits per heavy atom. The molecule has 0 aliphatic heterocycles. The second kappa shape index (κ2) is 3.27. The van der Waals surface area contributed by atoms with Crippen LogP contribution in [-0.2, 0) is 4.84 Å². The van der Waals surface area contributed by atoms with Gasteiger partial charge in [-0.1, -0.05) is 0 Å². The van der Waals surface area contributed by atoms with Gasteiger partial charge in [-0.2, -0.15) is 0 Å². The number of nitrogens with two attached hydrogens (primary N) is 1. The number of aromatic amines is 1. The van der Waals surface area contributed by atoms with Crippen LogP contribution in [0.5, 0.6) is 0 Å². The molecule has 66 valence electrons. The van der Waals surface area contributed by atoms with Gasteiger partial charge in [0.25, 0.3) is 5.91 Å². The van der Waals surface area contributed by atoms with Crippen molar-refractivity contribution >= 4 is 11.6 Å². The average molecular weight is 169 g/mol. The lowest BCUT2D eigenvalue weighted by molar-refractivity contribution is -0.0760. The number of aromatic nitrogens is 1. The number of H-pyrrole nitrogens is 1. The van der Waals surface area contributed by atoms with Gasteiger partial charge in [0.2, 0.25) is 0 Å². The molecule has 0 unspecified atom stereocenters. The SMILES string of the molecule is CON(C)C(=O)c1cc(N)c[nH]1. The van der Waals surface area contributed by atoms with E-state index in [4.69, 9.17) is 10.6 Å². The molecule has 0 saturated carbocycles. The Balaban J connectivity index is 2.78. The Morgan fingerprint density at radius 3 is 2.83 bits per heavy atom. The Bertz CT molecular complexity index is 282. The van der Waals surface area contributed by atoms with E-state index in [1.807, 2.05) is 0 Å². The molecule has 1 heterocycles. The summed E-state index contributed by atoms with van der Waals surface area (Å²) in [6.07, 6.45) is 1.55. The molecule has 0 aliphatic carbocycles. The minimum Gasteiger partial charge on any atom is -0.397 e. The molecular weight excluding hydrogens is 158 g/mol. The van der Waals surface area contributed by atoms with Crippen LogP contribution < -0.4 is 5.73 Å². The standard InChI is InChI=1S/C7H11N3O2/c1-10(12-2)7(11)6-3-5(8)4-9-6/h3-4,9H,8H2,1-2H3. The largest absolute Gasteiger partial charge is 0.397 e. The number of amides is 1. The maximum Gasteiger partial charge on any atom is 0.293 e. The van der Waals surface area contributed by atoms with Gasteiger partial charge in [-0.05, 0) is 6.07 Å². The quantitative estimate of drug-likeness (QED) is 0.622. The molecule has 1 aromatic heterocycles. The predicted octanol–water partition coefficient (Wildman–Crippen LogP) is 0.230. The van der Waals surface area contributed by atoms with E-state index in [0.717, 1.165) is 5.06 Å².